The van der Waals surface area contributed by atoms with Crippen molar-refractivity contribution in [1.29, 1.82) is 0 Å². The van der Waals surface area contributed by atoms with Crippen LogP contribution in [0.2, 0.25) is 0 Å². The molecule has 1 aliphatic heterocycles. The van der Waals surface area contributed by atoms with Gasteiger partial charge in [0.1, 0.15) is 0 Å². The highest BCUT2D eigenvalue weighted by atomic mass is 28.3. The maximum Gasteiger partial charge on any atom is 0.283 e. The first kappa shape index (κ1) is 27.7. The summed E-state index contributed by atoms with van der Waals surface area (Å²) >= 11 is 0. The zero-order valence-electron chi connectivity index (χ0n) is 22.0. The van der Waals surface area contributed by atoms with Gasteiger partial charge in [0.05, 0.1) is 6.61 Å². The Morgan fingerprint density at radius 2 is 1.57 bits per heavy atom. The van der Waals surface area contributed by atoms with Crippen LogP contribution >= 0.6 is 0 Å². The molecule has 1 radical (unpaired) electrons. The van der Waals surface area contributed by atoms with Gasteiger partial charge in [0, 0.05) is 19.6 Å². The Bertz CT molecular complexity index is 887. The van der Waals surface area contributed by atoms with Gasteiger partial charge < -0.3 is 13.9 Å². The Labute approximate surface area is 215 Å². The Morgan fingerprint density at radius 1 is 0.857 bits per heavy atom. The lowest BCUT2D eigenvalue weighted by Crippen LogP contribution is -2.45. The quantitative estimate of drug-likeness (QED) is 0.207. The molecule has 189 valence electrons. The number of unbranched alkanes of at least 4 members (excludes halogenated alkanes) is 5. The zero-order valence-corrected chi connectivity index (χ0v) is 23.0. The van der Waals surface area contributed by atoms with E-state index in [-0.39, 0.29) is 11.7 Å². The number of benzene rings is 2. The standard InChI is InChI=1S/C31H43O3Si/c1-31(2,3)27-20-22-29(23-21-27)35(28-17-11-10-12-18-28)34-26-15-9-7-5-4-6-8-14-24-32-30-19-13-16-25-33-30/h10-12,17-18,20-23,30H,4-8,13-14,16,19,24-26H2,1-3H3. The first-order chi connectivity index (χ1) is 17.0. The van der Waals surface area contributed by atoms with Gasteiger partial charge in [0.25, 0.3) is 9.04 Å². The molecule has 0 aromatic heterocycles. The van der Waals surface area contributed by atoms with Crippen LogP contribution < -0.4 is 10.4 Å². The van der Waals surface area contributed by atoms with Crippen LogP contribution in [0.25, 0.3) is 0 Å². The summed E-state index contributed by atoms with van der Waals surface area (Å²) in [6.07, 6.45) is 10.4. The van der Waals surface area contributed by atoms with E-state index in [1.54, 1.807) is 0 Å². The minimum Gasteiger partial charge on any atom is -0.396 e. The van der Waals surface area contributed by atoms with Gasteiger partial charge in [0.2, 0.25) is 0 Å². The van der Waals surface area contributed by atoms with E-state index in [1.165, 1.54) is 48.0 Å². The first-order valence-electron chi connectivity index (χ1n) is 13.4. The van der Waals surface area contributed by atoms with Gasteiger partial charge in [-0.05, 0) is 53.5 Å². The molecule has 0 spiro atoms. The highest BCUT2D eigenvalue weighted by Crippen LogP contribution is 2.20. The lowest BCUT2D eigenvalue weighted by atomic mass is 9.87. The van der Waals surface area contributed by atoms with Crippen molar-refractivity contribution < 1.29 is 13.9 Å². The van der Waals surface area contributed by atoms with Gasteiger partial charge in [-0.2, -0.15) is 0 Å². The van der Waals surface area contributed by atoms with Crippen molar-refractivity contribution in [2.24, 2.45) is 0 Å². The van der Waals surface area contributed by atoms with Crippen LogP contribution in [-0.4, -0.2) is 35.2 Å². The van der Waals surface area contributed by atoms with Gasteiger partial charge in [0.15, 0.2) is 6.29 Å². The van der Waals surface area contributed by atoms with Gasteiger partial charge in [-0.25, -0.2) is 0 Å². The molecule has 1 aliphatic rings. The largest absolute Gasteiger partial charge is 0.396 e. The number of ether oxygens (including phenoxy) is 2. The Hall–Kier alpha value is -1.90. The molecule has 1 unspecified atom stereocenters. The van der Waals surface area contributed by atoms with Crippen molar-refractivity contribution in [3.63, 3.8) is 0 Å². The third-order valence-electron chi connectivity index (χ3n) is 6.35. The van der Waals surface area contributed by atoms with Crippen molar-refractivity contribution >= 4 is 19.4 Å². The van der Waals surface area contributed by atoms with Gasteiger partial charge in [-0.1, -0.05) is 101 Å². The third kappa shape index (κ3) is 10.3. The molecule has 1 heterocycles. The summed E-state index contributed by atoms with van der Waals surface area (Å²) in [6.45, 7) is 8.92. The lowest BCUT2D eigenvalue weighted by Gasteiger charge is -2.22. The molecule has 0 N–H and O–H groups in total. The molecule has 3 nitrogen and oxygen atoms in total. The third-order valence-corrected chi connectivity index (χ3v) is 8.50. The topological polar surface area (TPSA) is 27.7 Å². The smallest absolute Gasteiger partial charge is 0.283 e. The summed E-state index contributed by atoms with van der Waals surface area (Å²) in [5, 5.41) is 2.54. The summed E-state index contributed by atoms with van der Waals surface area (Å²) in [6, 6.07) is 19.6. The maximum absolute atomic E-state index is 6.37. The molecule has 0 amide bonds. The predicted molar refractivity (Wildman–Crippen MR) is 148 cm³/mol. The van der Waals surface area contributed by atoms with E-state index in [1.807, 2.05) is 0 Å². The SMILES string of the molecule is CC(C)(C)c1ccc([Si](OCC#CCCCCCCCOC2CCCCO2)c2ccccc2)cc1. The van der Waals surface area contributed by atoms with E-state index in [4.69, 9.17) is 13.9 Å². The van der Waals surface area contributed by atoms with Crippen LogP contribution in [0.5, 0.6) is 0 Å². The van der Waals surface area contributed by atoms with E-state index in [2.05, 4.69) is 87.2 Å². The summed E-state index contributed by atoms with van der Waals surface area (Å²) in [4.78, 5) is 0. The van der Waals surface area contributed by atoms with Gasteiger partial charge in [-0.15, -0.1) is 5.92 Å². The average Bonchev–Trinajstić information content (AvgIpc) is 2.88. The molecular formula is C31H43O3Si. The number of hydrogen-bond acceptors (Lipinski definition) is 3. The van der Waals surface area contributed by atoms with E-state index >= 15 is 0 Å². The molecule has 35 heavy (non-hydrogen) atoms. The van der Waals surface area contributed by atoms with Crippen molar-refractivity contribution in [3.8, 4) is 11.8 Å². The first-order valence-corrected chi connectivity index (χ1v) is 14.8. The monoisotopic (exact) mass is 491 g/mol. The highest BCUT2D eigenvalue weighted by molar-refractivity contribution is 6.80. The van der Waals surface area contributed by atoms with E-state index in [0.29, 0.717) is 6.61 Å². The molecular weight excluding hydrogens is 448 g/mol. The molecule has 0 aliphatic carbocycles. The van der Waals surface area contributed by atoms with Crippen LogP contribution in [0, 0.1) is 11.8 Å². The maximum atomic E-state index is 6.37. The molecule has 1 saturated heterocycles. The molecule has 0 bridgehead atoms. The van der Waals surface area contributed by atoms with Crippen molar-refractivity contribution in [3.05, 3.63) is 60.2 Å². The molecule has 3 rings (SSSR count). The van der Waals surface area contributed by atoms with E-state index in [0.717, 1.165) is 38.9 Å². The molecule has 1 fully saturated rings. The summed E-state index contributed by atoms with van der Waals surface area (Å²) in [5.74, 6) is 6.58. The lowest BCUT2D eigenvalue weighted by molar-refractivity contribution is -0.162. The van der Waals surface area contributed by atoms with Crippen LogP contribution in [0.15, 0.2) is 54.6 Å². The van der Waals surface area contributed by atoms with E-state index < -0.39 is 9.04 Å². The summed E-state index contributed by atoms with van der Waals surface area (Å²) in [5.41, 5.74) is 1.50. The zero-order chi connectivity index (χ0) is 24.8. The molecule has 2 aromatic rings. The normalized spacial score (nSPS) is 16.2. The van der Waals surface area contributed by atoms with Crippen molar-refractivity contribution in [2.45, 2.75) is 90.3 Å². The fourth-order valence-electron chi connectivity index (χ4n) is 4.20. The average molecular weight is 492 g/mol. The van der Waals surface area contributed by atoms with Crippen molar-refractivity contribution in [1.82, 2.24) is 0 Å². The van der Waals surface area contributed by atoms with E-state index in [9.17, 15) is 0 Å². The fourth-order valence-corrected chi connectivity index (χ4v) is 6.04. The second-order valence-corrected chi connectivity index (χ2v) is 12.5. The molecule has 1 atom stereocenters. The Morgan fingerprint density at radius 3 is 2.29 bits per heavy atom. The molecule has 2 aromatic carbocycles. The van der Waals surface area contributed by atoms with Crippen molar-refractivity contribution in [2.75, 3.05) is 19.8 Å². The fraction of sp³-hybridized carbons (Fsp3) is 0.548. The van der Waals surface area contributed by atoms with Gasteiger partial charge in [-0.3, -0.25) is 0 Å². The Kier molecular flexibility index (Phi) is 12.1. The van der Waals surface area contributed by atoms with Crippen LogP contribution in [0.3, 0.4) is 0 Å². The minimum atomic E-state index is -1.30. The molecule has 0 saturated carbocycles. The summed E-state index contributed by atoms with van der Waals surface area (Å²) in [7, 11) is -1.30. The van der Waals surface area contributed by atoms with Gasteiger partial charge >= 0.3 is 0 Å². The summed E-state index contributed by atoms with van der Waals surface area (Å²) < 4.78 is 17.8. The number of hydrogen-bond donors (Lipinski definition) is 0. The second kappa shape index (κ2) is 15.3. The van der Waals surface area contributed by atoms with Crippen LogP contribution in [0.4, 0.5) is 0 Å². The minimum absolute atomic E-state index is 0.0489. The predicted octanol–water partition coefficient (Wildman–Crippen LogP) is 5.99. The second-order valence-electron chi connectivity index (χ2n) is 10.3. The number of rotatable bonds is 12. The van der Waals surface area contributed by atoms with Crippen LogP contribution in [0.1, 0.15) is 84.1 Å². The highest BCUT2D eigenvalue weighted by Gasteiger charge is 2.20. The molecule has 4 heteroatoms. The Balaban J connectivity index is 1.34. The van der Waals surface area contributed by atoms with Crippen LogP contribution in [-0.2, 0) is 19.3 Å².